The molecule has 0 fully saturated rings. The molecule has 0 bridgehead atoms. The van der Waals surface area contributed by atoms with E-state index in [9.17, 15) is 0 Å². The van der Waals surface area contributed by atoms with Crippen LogP contribution in [0.15, 0.2) is 274 Å². The van der Waals surface area contributed by atoms with E-state index in [2.05, 4.69) is 321 Å². The summed E-state index contributed by atoms with van der Waals surface area (Å²) in [6.45, 7) is 19.6. The molecule has 23 rings (SSSR count). The van der Waals surface area contributed by atoms with Gasteiger partial charge in [-0.15, -0.1) is 0 Å². The molecule has 6 aliphatic rings. The minimum absolute atomic E-state index is 0.238. The van der Waals surface area contributed by atoms with Gasteiger partial charge >= 0.3 is 0 Å². The minimum Gasteiger partial charge on any atom is -0.456 e. The monoisotopic (exact) mass is 1290 g/mol. The first-order valence-electron chi connectivity index (χ1n) is 35.9. The van der Waals surface area contributed by atoms with Crippen molar-refractivity contribution in [1.82, 2.24) is 0 Å². The van der Waals surface area contributed by atoms with E-state index in [0.717, 1.165) is 77.8 Å². The zero-order chi connectivity index (χ0) is 67.3. The van der Waals surface area contributed by atoms with Crippen molar-refractivity contribution in [2.45, 2.75) is 82.5 Å². The molecule has 3 aromatic heterocycles. The third kappa shape index (κ3) is 6.65. The van der Waals surface area contributed by atoms with Crippen LogP contribution in [-0.4, -0.2) is 0 Å². The smallest absolute Gasteiger partial charge is 0.144 e. The Kier molecular flexibility index (Phi) is 10.3. The predicted molar refractivity (Wildman–Crippen MR) is 415 cm³/mol. The quantitative estimate of drug-likeness (QED) is 0.176. The molecule has 0 radical (unpaired) electrons. The molecule has 0 aliphatic heterocycles. The van der Waals surface area contributed by atoms with Crippen LogP contribution in [0.4, 0.5) is 17.1 Å². The molecule has 478 valence electrons. The van der Waals surface area contributed by atoms with Gasteiger partial charge in [-0.05, 0) is 212 Å². The van der Waals surface area contributed by atoms with Crippen LogP contribution in [0.1, 0.15) is 122 Å². The molecule has 14 aromatic carbocycles. The van der Waals surface area contributed by atoms with Gasteiger partial charge in [-0.25, -0.2) is 0 Å². The lowest BCUT2D eigenvalue weighted by atomic mass is 9.70. The Morgan fingerprint density at radius 2 is 0.663 bits per heavy atom. The molecule has 4 nitrogen and oxygen atoms in total. The Morgan fingerprint density at radius 1 is 0.238 bits per heavy atom. The molecule has 0 amide bonds. The Hall–Kier alpha value is -11.7. The highest BCUT2D eigenvalue weighted by Crippen LogP contribution is 2.68. The topological polar surface area (TPSA) is 42.7 Å². The maximum Gasteiger partial charge on any atom is 0.144 e. The number of para-hydroxylation sites is 3. The first kappa shape index (κ1) is 56.2. The predicted octanol–water partition coefficient (Wildman–Crippen LogP) is 26.1. The third-order valence-electron chi connectivity index (χ3n) is 25.4. The SMILES string of the molecule is CC1(C)c2cc(N(c3ccc4c(c3)C(C)(C)c3c5c(c6oc7ccccc7c6c3-4)-c3ccccc3C5(C)C)c3ccc4c(c3)C3(c5ccccc5-c5ccccc53)c3cc(-c5ccccc5)c5oc6ccccc6c5c3-4)ccc2-c2cc3c(cc21)-c1c(ccc2oc4ccccc4c12)C3(C)C. The third-order valence-corrected chi connectivity index (χ3v) is 25.4. The van der Waals surface area contributed by atoms with Gasteiger partial charge in [0.15, 0.2) is 0 Å². The number of fused-ring (bicyclic) bond motifs is 36. The van der Waals surface area contributed by atoms with E-state index in [0.29, 0.717) is 0 Å². The van der Waals surface area contributed by atoms with E-state index in [1.807, 2.05) is 0 Å². The Bertz CT molecular complexity index is 6660. The fourth-order valence-corrected chi connectivity index (χ4v) is 21.0. The summed E-state index contributed by atoms with van der Waals surface area (Å²) in [5.74, 6) is 0. The molecule has 0 unspecified atom stereocenters. The van der Waals surface area contributed by atoms with Crippen LogP contribution >= 0.6 is 0 Å². The van der Waals surface area contributed by atoms with Crippen molar-refractivity contribution in [2.75, 3.05) is 4.90 Å². The Balaban J connectivity index is 0.785. The summed E-state index contributed by atoms with van der Waals surface area (Å²) in [6, 6.07) is 98.8. The van der Waals surface area contributed by atoms with Gasteiger partial charge in [0, 0.05) is 82.2 Å². The average Bonchev–Trinajstić information content (AvgIpc) is 1.50. The van der Waals surface area contributed by atoms with Gasteiger partial charge < -0.3 is 18.2 Å². The number of nitrogens with zero attached hydrogens (tertiary/aromatic N) is 1. The van der Waals surface area contributed by atoms with Crippen molar-refractivity contribution in [2.24, 2.45) is 0 Å². The number of furan rings is 3. The molecule has 1 spiro atoms. The maximum atomic E-state index is 7.18. The van der Waals surface area contributed by atoms with Crippen molar-refractivity contribution in [3.63, 3.8) is 0 Å². The Morgan fingerprint density at radius 3 is 1.33 bits per heavy atom. The average molecular weight is 1290 g/mol. The summed E-state index contributed by atoms with van der Waals surface area (Å²) in [4.78, 5) is 2.60. The molecule has 0 atom stereocenters. The Labute approximate surface area is 585 Å². The van der Waals surface area contributed by atoms with E-state index in [1.165, 1.54) is 150 Å². The van der Waals surface area contributed by atoms with Crippen LogP contribution in [0.5, 0.6) is 0 Å². The largest absolute Gasteiger partial charge is 0.456 e. The highest BCUT2D eigenvalue weighted by molar-refractivity contribution is 6.23. The minimum atomic E-state index is -0.705. The number of benzene rings is 14. The van der Waals surface area contributed by atoms with Crippen LogP contribution in [0, 0.1) is 0 Å². The van der Waals surface area contributed by atoms with Crippen molar-refractivity contribution in [3.8, 4) is 77.9 Å². The van der Waals surface area contributed by atoms with Crippen LogP contribution in [-0.2, 0) is 27.1 Å². The lowest BCUT2D eigenvalue weighted by Gasteiger charge is -2.33. The molecule has 3 heterocycles. The van der Waals surface area contributed by atoms with Crippen molar-refractivity contribution in [3.05, 3.63) is 328 Å². The van der Waals surface area contributed by atoms with Gasteiger partial charge in [0.05, 0.1) is 5.41 Å². The van der Waals surface area contributed by atoms with Gasteiger partial charge in [0.1, 0.15) is 33.5 Å². The second kappa shape index (κ2) is 18.6. The van der Waals surface area contributed by atoms with Gasteiger partial charge in [-0.3, -0.25) is 0 Å². The van der Waals surface area contributed by atoms with Gasteiger partial charge in [0.2, 0.25) is 0 Å². The van der Waals surface area contributed by atoms with E-state index in [1.54, 1.807) is 0 Å². The summed E-state index contributed by atoms with van der Waals surface area (Å²) in [7, 11) is 0. The highest BCUT2D eigenvalue weighted by atomic mass is 16.3. The lowest BCUT2D eigenvalue weighted by Crippen LogP contribution is -2.26. The number of hydrogen-bond donors (Lipinski definition) is 0. The first-order chi connectivity index (χ1) is 49.1. The summed E-state index contributed by atoms with van der Waals surface area (Å²) >= 11 is 0. The highest BCUT2D eigenvalue weighted by Gasteiger charge is 2.54. The van der Waals surface area contributed by atoms with Crippen LogP contribution in [0.2, 0.25) is 0 Å². The fourth-order valence-electron chi connectivity index (χ4n) is 21.0. The second-order valence-corrected chi connectivity index (χ2v) is 31.6. The molecule has 4 heteroatoms. The molecule has 0 saturated carbocycles. The van der Waals surface area contributed by atoms with Gasteiger partial charge in [-0.1, -0.05) is 237 Å². The van der Waals surface area contributed by atoms with Crippen molar-refractivity contribution in [1.29, 1.82) is 0 Å². The maximum absolute atomic E-state index is 7.18. The molecule has 0 N–H and O–H groups in total. The fraction of sp³-hybridized carbons (Fsp3) is 0.134. The van der Waals surface area contributed by atoms with Crippen molar-refractivity contribution >= 4 is 82.9 Å². The number of rotatable bonds is 4. The molecular weight excluding hydrogens is 1230 g/mol. The van der Waals surface area contributed by atoms with E-state index < -0.39 is 10.8 Å². The number of hydrogen-bond acceptors (Lipinski definition) is 4. The van der Waals surface area contributed by atoms with Crippen LogP contribution < -0.4 is 4.90 Å². The zero-order valence-corrected chi connectivity index (χ0v) is 57.5. The summed E-state index contributed by atoms with van der Waals surface area (Å²) in [5.41, 5.74) is 40.2. The van der Waals surface area contributed by atoms with E-state index >= 15 is 0 Å². The summed E-state index contributed by atoms with van der Waals surface area (Å²) < 4.78 is 20.9. The summed E-state index contributed by atoms with van der Waals surface area (Å²) in [6.07, 6.45) is 0. The standard InChI is InChI=1S/C97H67NO3/c1-93(2)71-44-45-81-84(62-29-15-21-35-78(62)99-81)83(71)67-51-74-66(50-75(67)93)58-41-38-53(46-72(58)94(74,3)4)98(54-39-42-60-73(47-54)96(7,8)89-85(60)87-64-31-17-23-37-80(64)101-92(87)88-59-28-14-18-32-68(59)95(5,6)90(88)89)55-40-43-61-76(48-55)97(69-33-19-12-26-56(69)57-27-13-20-34-70(57)97)77-49-65(52-24-10-9-11-25-52)91-86(82(61)77)63-30-16-22-36-79(63)100-91/h9-51H,1-8H3. The van der Waals surface area contributed by atoms with E-state index in [4.69, 9.17) is 13.3 Å². The van der Waals surface area contributed by atoms with E-state index in [-0.39, 0.29) is 16.2 Å². The first-order valence-corrected chi connectivity index (χ1v) is 35.9. The summed E-state index contributed by atoms with van der Waals surface area (Å²) in [5, 5.41) is 7.00. The molecular formula is C97H67NO3. The molecule has 17 aromatic rings. The van der Waals surface area contributed by atoms with Crippen LogP contribution in [0.25, 0.3) is 144 Å². The molecule has 0 saturated heterocycles. The number of anilines is 3. The molecule has 101 heavy (non-hydrogen) atoms. The normalized spacial score (nSPS) is 16.1. The van der Waals surface area contributed by atoms with Gasteiger partial charge in [-0.2, -0.15) is 0 Å². The lowest BCUT2D eigenvalue weighted by molar-refractivity contribution is 0.600. The zero-order valence-electron chi connectivity index (χ0n) is 57.5. The van der Waals surface area contributed by atoms with Crippen LogP contribution in [0.3, 0.4) is 0 Å². The molecule has 6 aliphatic carbocycles. The second-order valence-electron chi connectivity index (χ2n) is 31.6. The van der Waals surface area contributed by atoms with Crippen molar-refractivity contribution < 1.29 is 13.3 Å². The van der Waals surface area contributed by atoms with Gasteiger partial charge in [0.25, 0.3) is 0 Å².